The largest absolute Gasteiger partial charge is 0.370 e. The first-order chi connectivity index (χ1) is 20.5. The fraction of sp³-hybridized carbons (Fsp3) is 0.382. The molecule has 0 aromatic heterocycles. The second-order valence-corrected chi connectivity index (χ2v) is 13.6. The Morgan fingerprint density at radius 3 is 2.14 bits per heavy atom. The third-order valence-corrected chi connectivity index (χ3v) is 9.72. The average Bonchev–Trinajstić information content (AvgIpc) is 2.99. The number of benzene rings is 3. The first-order valence-electron chi connectivity index (χ1n) is 14.9. The number of carbonyl (C=O) groups excluding carboxylic acids is 3. The van der Waals surface area contributed by atoms with E-state index < -0.39 is 30.9 Å². The molecule has 0 fully saturated rings. The SMILES string of the molecule is CCCN(CCC)C(=O)c1cccc(C(=O)NC(Cc2ccccc2)P(=O)(O)CC(CCC(N)=O)c2ccc(C)cc2)c1. The molecule has 0 saturated heterocycles. The van der Waals surface area contributed by atoms with E-state index in [1.807, 2.05) is 75.4 Å². The van der Waals surface area contributed by atoms with Crippen LogP contribution in [0.15, 0.2) is 78.9 Å². The van der Waals surface area contributed by atoms with E-state index in [-0.39, 0.29) is 30.5 Å². The van der Waals surface area contributed by atoms with Gasteiger partial charge in [0.2, 0.25) is 13.3 Å². The standard InChI is InChI=1S/C34H44N3O5P/c1-4-20-37(21-5-2)34(40)29-13-9-12-28(23-29)33(39)36-32(22-26-10-7-6-8-11-26)43(41,42)24-30(18-19-31(35)38)27-16-14-25(3)15-17-27/h6-17,23,30,32H,4-5,18-22,24H2,1-3H3,(H2,35,38)(H,36,39)(H,41,42). The molecule has 3 aromatic rings. The highest BCUT2D eigenvalue weighted by atomic mass is 31.2. The van der Waals surface area contributed by atoms with Crippen molar-refractivity contribution in [1.82, 2.24) is 10.2 Å². The van der Waals surface area contributed by atoms with Crippen molar-refractivity contribution in [2.45, 2.75) is 64.6 Å². The lowest BCUT2D eigenvalue weighted by atomic mass is 9.95. The molecule has 0 aliphatic rings. The molecule has 0 saturated carbocycles. The lowest BCUT2D eigenvalue weighted by molar-refractivity contribution is -0.118. The zero-order chi connectivity index (χ0) is 31.4. The van der Waals surface area contributed by atoms with E-state index in [1.165, 1.54) is 0 Å². The summed E-state index contributed by atoms with van der Waals surface area (Å²) in [7, 11) is -4.06. The van der Waals surface area contributed by atoms with Crippen molar-refractivity contribution >= 4 is 25.1 Å². The summed E-state index contributed by atoms with van der Waals surface area (Å²) in [4.78, 5) is 51.7. The summed E-state index contributed by atoms with van der Waals surface area (Å²) in [6, 6.07) is 23.3. The van der Waals surface area contributed by atoms with Gasteiger partial charge in [-0.15, -0.1) is 0 Å². The molecular formula is C34H44N3O5P. The van der Waals surface area contributed by atoms with Crippen LogP contribution < -0.4 is 11.1 Å². The third kappa shape index (κ3) is 10.2. The van der Waals surface area contributed by atoms with Gasteiger partial charge in [0, 0.05) is 43.2 Å². The molecule has 8 nitrogen and oxygen atoms in total. The second kappa shape index (κ2) is 16.2. The van der Waals surface area contributed by atoms with Crippen LogP contribution in [0.1, 0.15) is 82.9 Å². The lowest BCUT2D eigenvalue weighted by Crippen LogP contribution is -2.38. The summed E-state index contributed by atoms with van der Waals surface area (Å²) in [5, 5.41) is 2.83. The predicted molar refractivity (Wildman–Crippen MR) is 171 cm³/mol. The number of primary amides is 1. The van der Waals surface area contributed by atoms with Crippen LogP contribution in [0.3, 0.4) is 0 Å². The number of rotatable bonds is 16. The van der Waals surface area contributed by atoms with Crippen LogP contribution in [-0.4, -0.2) is 52.5 Å². The number of amides is 3. The van der Waals surface area contributed by atoms with Crippen LogP contribution in [0.5, 0.6) is 0 Å². The fourth-order valence-electron chi connectivity index (χ4n) is 5.16. The van der Waals surface area contributed by atoms with Gasteiger partial charge in [0.1, 0.15) is 5.78 Å². The van der Waals surface area contributed by atoms with Crippen LogP contribution in [0, 0.1) is 6.92 Å². The van der Waals surface area contributed by atoms with Gasteiger partial charge in [0.15, 0.2) is 0 Å². The quantitative estimate of drug-likeness (QED) is 0.176. The van der Waals surface area contributed by atoms with Crippen molar-refractivity contribution in [2.75, 3.05) is 19.3 Å². The number of carbonyl (C=O) groups is 3. The van der Waals surface area contributed by atoms with E-state index in [1.54, 1.807) is 29.2 Å². The molecule has 0 spiro atoms. The number of aryl methyl sites for hydroxylation is 1. The molecule has 3 rings (SSSR count). The highest BCUT2D eigenvalue weighted by Gasteiger charge is 2.36. The minimum absolute atomic E-state index is 0.0716. The Hall–Kier alpha value is -3.74. The topological polar surface area (TPSA) is 130 Å². The van der Waals surface area contributed by atoms with E-state index in [9.17, 15) is 23.8 Å². The number of hydrogen-bond donors (Lipinski definition) is 3. The van der Waals surface area contributed by atoms with Gasteiger partial charge >= 0.3 is 0 Å². The molecule has 0 heterocycles. The van der Waals surface area contributed by atoms with Gasteiger partial charge in [0.05, 0.1) is 0 Å². The number of hydrogen-bond acceptors (Lipinski definition) is 4. The van der Waals surface area contributed by atoms with Gasteiger partial charge in [-0.3, -0.25) is 18.9 Å². The van der Waals surface area contributed by atoms with Gasteiger partial charge in [-0.25, -0.2) is 0 Å². The molecule has 4 N–H and O–H groups in total. The van der Waals surface area contributed by atoms with Crippen molar-refractivity contribution < 1.29 is 23.8 Å². The van der Waals surface area contributed by atoms with Gasteiger partial charge in [-0.2, -0.15) is 0 Å². The summed E-state index contributed by atoms with van der Waals surface area (Å²) in [6.07, 6.45) is 2.02. The van der Waals surface area contributed by atoms with Crippen molar-refractivity contribution in [1.29, 1.82) is 0 Å². The van der Waals surface area contributed by atoms with Crippen molar-refractivity contribution in [3.8, 4) is 0 Å². The number of nitrogens with two attached hydrogens (primary N) is 1. The minimum Gasteiger partial charge on any atom is -0.370 e. The maximum atomic E-state index is 14.2. The lowest BCUT2D eigenvalue weighted by Gasteiger charge is -2.28. The second-order valence-electron chi connectivity index (χ2n) is 11.1. The molecule has 3 aromatic carbocycles. The van der Waals surface area contributed by atoms with Crippen molar-refractivity contribution in [3.63, 3.8) is 0 Å². The van der Waals surface area contributed by atoms with Gasteiger partial charge < -0.3 is 20.8 Å². The average molecular weight is 606 g/mol. The molecule has 0 aliphatic carbocycles. The Balaban J connectivity index is 1.91. The molecule has 230 valence electrons. The molecule has 3 atom stereocenters. The maximum absolute atomic E-state index is 14.2. The fourth-order valence-corrected chi connectivity index (χ4v) is 7.25. The van der Waals surface area contributed by atoms with E-state index >= 15 is 0 Å². The van der Waals surface area contributed by atoms with E-state index in [0.717, 1.165) is 29.5 Å². The van der Waals surface area contributed by atoms with Crippen LogP contribution in [0.2, 0.25) is 0 Å². The van der Waals surface area contributed by atoms with E-state index in [4.69, 9.17) is 5.73 Å². The van der Waals surface area contributed by atoms with Gasteiger partial charge in [-0.1, -0.05) is 80.1 Å². The zero-order valence-corrected chi connectivity index (χ0v) is 26.3. The van der Waals surface area contributed by atoms with Crippen LogP contribution in [-0.2, 0) is 15.8 Å². The van der Waals surface area contributed by atoms with Crippen molar-refractivity contribution in [2.24, 2.45) is 5.73 Å². The molecule has 3 amide bonds. The number of nitrogens with zero attached hydrogens (tertiary/aromatic N) is 1. The monoisotopic (exact) mass is 605 g/mol. The van der Waals surface area contributed by atoms with E-state index in [2.05, 4.69) is 5.32 Å². The Bertz CT molecular complexity index is 1410. The highest BCUT2D eigenvalue weighted by molar-refractivity contribution is 7.58. The molecular weight excluding hydrogens is 561 g/mol. The molecule has 3 unspecified atom stereocenters. The van der Waals surface area contributed by atoms with Crippen molar-refractivity contribution in [3.05, 3.63) is 107 Å². The Morgan fingerprint density at radius 1 is 0.907 bits per heavy atom. The van der Waals surface area contributed by atoms with Gasteiger partial charge in [-0.05, 0) is 61.4 Å². The van der Waals surface area contributed by atoms with Crippen LogP contribution in [0.4, 0.5) is 0 Å². The first-order valence-corrected chi connectivity index (χ1v) is 16.9. The minimum atomic E-state index is -4.06. The summed E-state index contributed by atoms with van der Waals surface area (Å²) in [5.41, 5.74) is 8.74. The first kappa shape index (κ1) is 33.8. The molecule has 0 bridgehead atoms. The highest BCUT2D eigenvalue weighted by Crippen LogP contribution is 2.50. The summed E-state index contributed by atoms with van der Waals surface area (Å²) >= 11 is 0. The Labute approximate surface area is 255 Å². The normalized spacial score (nSPS) is 13.9. The predicted octanol–water partition coefficient (Wildman–Crippen LogP) is 5.88. The van der Waals surface area contributed by atoms with Gasteiger partial charge in [0.25, 0.3) is 11.8 Å². The molecule has 0 aliphatic heterocycles. The third-order valence-electron chi connectivity index (χ3n) is 7.47. The van der Waals surface area contributed by atoms with E-state index in [0.29, 0.717) is 25.1 Å². The Kier molecular flexibility index (Phi) is 12.7. The molecule has 0 radical (unpaired) electrons. The molecule has 43 heavy (non-hydrogen) atoms. The van der Waals surface area contributed by atoms with Crippen LogP contribution >= 0.6 is 7.37 Å². The smallest absolute Gasteiger partial charge is 0.253 e. The molecule has 9 heteroatoms. The van der Waals surface area contributed by atoms with Crippen LogP contribution in [0.25, 0.3) is 0 Å². The Morgan fingerprint density at radius 2 is 1.53 bits per heavy atom. The summed E-state index contributed by atoms with van der Waals surface area (Å²) in [6.45, 7) is 7.22. The maximum Gasteiger partial charge on any atom is 0.253 e. The summed E-state index contributed by atoms with van der Waals surface area (Å²) in [5.74, 6) is -2.68. The zero-order valence-electron chi connectivity index (χ0n) is 25.4. The number of nitrogens with one attached hydrogen (secondary N) is 1. The summed E-state index contributed by atoms with van der Waals surface area (Å²) < 4.78 is 14.2.